The Bertz CT molecular complexity index is 1210. The molecule has 1 aliphatic heterocycles. The molecule has 5 nitrogen and oxygen atoms in total. The van der Waals surface area contributed by atoms with Gasteiger partial charge in [-0.3, -0.25) is 9.79 Å². The summed E-state index contributed by atoms with van der Waals surface area (Å²) >= 11 is 1.62. The van der Waals surface area contributed by atoms with Gasteiger partial charge in [0, 0.05) is 30.8 Å². The average molecular weight is 473 g/mol. The van der Waals surface area contributed by atoms with Gasteiger partial charge in [0.15, 0.2) is 5.17 Å². The highest BCUT2D eigenvalue weighted by molar-refractivity contribution is 8.13. The predicted octanol–water partition coefficient (Wildman–Crippen LogP) is 5.52. The Labute approximate surface area is 204 Å². The van der Waals surface area contributed by atoms with Crippen molar-refractivity contribution < 1.29 is 14.3 Å². The van der Waals surface area contributed by atoms with Crippen LogP contribution in [0.2, 0.25) is 0 Å². The second-order valence-corrected chi connectivity index (χ2v) is 9.79. The molecule has 1 fully saturated rings. The van der Waals surface area contributed by atoms with E-state index in [4.69, 9.17) is 14.5 Å². The molecule has 174 valence electrons. The van der Waals surface area contributed by atoms with E-state index >= 15 is 0 Å². The Morgan fingerprint density at radius 3 is 2.53 bits per heavy atom. The van der Waals surface area contributed by atoms with E-state index in [1.165, 1.54) is 0 Å². The van der Waals surface area contributed by atoms with Gasteiger partial charge in [-0.1, -0.05) is 60.3 Å². The fraction of sp³-hybridized carbons (Fsp3) is 0.286. The number of nitrogens with one attached hydrogen (secondary N) is 1. The van der Waals surface area contributed by atoms with Gasteiger partial charge in [-0.15, -0.1) is 0 Å². The SMILES string of the molecule is COc1cccc(-c2cccc([C@]34C[C@H](OC)C[C@H]3CSC(NC(=O)c3ccccc3)=N4)c2)c1. The van der Waals surface area contributed by atoms with Crippen molar-refractivity contribution in [1.82, 2.24) is 5.32 Å². The van der Waals surface area contributed by atoms with Gasteiger partial charge in [0.25, 0.3) is 5.91 Å². The molecule has 3 aromatic carbocycles. The smallest absolute Gasteiger partial charge is 0.257 e. The number of aliphatic imine (C=N–C) groups is 1. The molecular formula is C28H28N2O3S. The third-order valence-electron chi connectivity index (χ3n) is 6.84. The molecule has 1 aliphatic carbocycles. The molecule has 1 heterocycles. The normalized spacial score (nSPS) is 23.6. The maximum absolute atomic E-state index is 12.8. The molecule has 1 saturated carbocycles. The third-order valence-corrected chi connectivity index (χ3v) is 7.88. The summed E-state index contributed by atoms with van der Waals surface area (Å²) in [7, 11) is 3.46. The minimum Gasteiger partial charge on any atom is -0.497 e. The number of carbonyl (C=O) groups excluding carboxylic acids is 1. The Morgan fingerprint density at radius 2 is 1.76 bits per heavy atom. The van der Waals surface area contributed by atoms with Crippen LogP contribution >= 0.6 is 11.8 Å². The molecule has 6 heteroatoms. The van der Waals surface area contributed by atoms with E-state index in [0.29, 0.717) is 16.6 Å². The Balaban J connectivity index is 1.52. The lowest BCUT2D eigenvalue weighted by Crippen LogP contribution is -2.40. The molecule has 0 unspecified atom stereocenters. The Morgan fingerprint density at radius 1 is 1.00 bits per heavy atom. The second kappa shape index (κ2) is 9.65. The summed E-state index contributed by atoms with van der Waals surface area (Å²) in [4.78, 5) is 18.0. The van der Waals surface area contributed by atoms with Gasteiger partial charge >= 0.3 is 0 Å². The first-order valence-corrected chi connectivity index (χ1v) is 12.5. The van der Waals surface area contributed by atoms with E-state index in [1.807, 2.05) is 48.5 Å². The maximum Gasteiger partial charge on any atom is 0.257 e. The van der Waals surface area contributed by atoms with Crippen molar-refractivity contribution in [3.8, 4) is 16.9 Å². The van der Waals surface area contributed by atoms with E-state index in [2.05, 4.69) is 35.6 Å². The number of methoxy groups -OCH3 is 2. The van der Waals surface area contributed by atoms with Crippen molar-refractivity contribution >= 4 is 22.8 Å². The highest BCUT2D eigenvalue weighted by Gasteiger charge is 2.51. The number of rotatable bonds is 5. The first-order chi connectivity index (χ1) is 16.6. The van der Waals surface area contributed by atoms with Crippen LogP contribution in [0.25, 0.3) is 11.1 Å². The molecule has 1 amide bonds. The summed E-state index contributed by atoms with van der Waals surface area (Å²) in [6.45, 7) is 0. The molecule has 5 rings (SSSR count). The molecule has 0 radical (unpaired) electrons. The molecule has 3 aromatic rings. The molecule has 2 aliphatic rings. The van der Waals surface area contributed by atoms with Crippen LogP contribution in [0.4, 0.5) is 0 Å². The number of benzene rings is 3. The van der Waals surface area contributed by atoms with Crippen molar-refractivity contribution in [2.75, 3.05) is 20.0 Å². The van der Waals surface area contributed by atoms with Gasteiger partial charge in [0.1, 0.15) is 5.75 Å². The average Bonchev–Trinajstić information content (AvgIpc) is 3.29. The lowest BCUT2D eigenvalue weighted by molar-refractivity contribution is 0.0977. The highest BCUT2D eigenvalue weighted by atomic mass is 32.2. The maximum atomic E-state index is 12.8. The standard InChI is InChI=1S/C28H28N2O3S/c1-32-24-13-7-11-21(15-24)20-10-6-12-22(14-20)28-17-25(33-2)16-23(28)18-34-27(30-28)29-26(31)19-8-4-3-5-9-19/h3-15,23,25H,16-18H2,1-2H3,(H,29,30,31)/t23-,25+,28+/m0/s1. The zero-order valence-electron chi connectivity index (χ0n) is 19.4. The second-order valence-electron chi connectivity index (χ2n) is 8.78. The molecule has 0 spiro atoms. The van der Waals surface area contributed by atoms with Crippen LogP contribution in [0.3, 0.4) is 0 Å². The number of amidine groups is 1. The molecule has 34 heavy (non-hydrogen) atoms. The van der Waals surface area contributed by atoms with E-state index in [0.717, 1.165) is 41.0 Å². The van der Waals surface area contributed by atoms with Crippen molar-refractivity contribution in [3.05, 3.63) is 90.0 Å². The van der Waals surface area contributed by atoms with Crippen LogP contribution < -0.4 is 10.1 Å². The zero-order valence-corrected chi connectivity index (χ0v) is 20.2. The summed E-state index contributed by atoms with van der Waals surface area (Å²) < 4.78 is 11.2. The molecule has 0 aromatic heterocycles. The van der Waals surface area contributed by atoms with E-state index in [-0.39, 0.29) is 12.0 Å². The van der Waals surface area contributed by atoms with Crippen molar-refractivity contribution in [2.24, 2.45) is 10.9 Å². The van der Waals surface area contributed by atoms with Gasteiger partial charge in [-0.25, -0.2) is 0 Å². The summed E-state index contributed by atoms with van der Waals surface area (Å²) in [6, 6.07) is 26.0. The summed E-state index contributed by atoms with van der Waals surface area (Å²) in [5.74, 6) is 1.92. The summed E-state index contributed by atoms with van der Waals surface area (Å²) in [5, 5.41) is 3.73. The zero-order chi connectivity index (χ0) is 23.5. The van der Waals surface area contributed by atoms with Gasteiger partial charge in [-0.2, -0.15) is 0 Å². The fourth-order valence-electron chi connectivity index (χ4n) is 5.04. The van der Waals surface area contributed by atoms with Gasteiger partial charge < -0.3 is 14.8 Å². The number of fused-ring (bicyclic) bond motifs is 1. The third kappa shape index (κ3) is 4.36. The number of carbonyl (C=O) groups is 1. The lowest BCUT2D eigenvalue weighted by Gasteiger charge is -2.36. The molecule has 3 atom stereocenters. The highest BCUT2D eigenvalue weighted by Crippen LogP contribution is 2.52. The summed E-state index contributed by atoms with van der Waals surface area (Å²) in [6.07, 6.45) is 1.89. The monoisotopic (exact) mass is 472 g/mol. The number of hydrogen-bond donors (Lipinski definition) is 1. The van der Waals surface area contributed by atoms with Crippen LogP contribution in [0, 0.1) is 5.92 Å². The van der Waals surface area contributed by atoms with Crippen LogP contribution in [0.15, 0.2) is 83.9 Å². The van der Waals surface area contributed by atoms with Crippen LogP contribution in [0.5, 0.6) is 5.75 Å². The van der Waals surface area contributed by atoms with Crippen molar-refractivity contribution in [3.63, 3.8) is 0 Å². The Kier molecular flexibility index (Phi) is 6.44. The predicted molar refractivity (Wildman–Crippen MR) is 137 cm³/mol. The largest absolute Gasteiger partial charge is 0.497 e. The topological polar surface area (TPSA) is 59.9 Å². The number of hydrogen-bond acceptors (Lipinski definition) is 5. The number of amides is 1. The number of ether oxygens (including phenoxy) is 2. The molecule has 0 saturated heterocycles. The van der Waals surface area contributed by atoms with Gasteiger partial charge in [0.05, 0.1) is 18.8 Å². The molecule has 1 N–H and O–H groups in total. The van der Waals surface area contributed by atoms with Crippen LogP contribution in [-0.2, 0) is 10.3 Å². The van der Waals surface area contributed by atoms with E-state index in [9.17, 15) is 4.79 Å². The minimum atomic E-state index is -0.430. The fourth-order valence-corrected chi connectivity index (χ4v) is 6.20. The summed E-state index contributed by atoms with van der Waals surface area (Å²) in [5.41, 5.74) is 3.57. The van der Waals surface area contributed by atoms with Crippen LogP contribution in [0.1, 0.15) is 28.8 Å². The van der Waals surface area contributed by atoms with Crippen molar-refractivity contribution in [2.45, 2.75) is 24.5 Å². The Hall–Kier alpha value is -3.09. The van der Waals surface area contributed by atoms with Crippen LogP contribution in [-0.4, -0.2) is 37.2 Å². The lowest BCUT2D eigenvalue weighted by atomic mass is 9.80. The molecular weight excluding hydrogens is 444 g/mol. The van der Waals surface area contributed by atoms with Gasteiger partial charge in [0.2, 0.25) is 0 Å². The minimum absolute atomic E-state index is 0.133. The van der Waals surface area contributed by atoms with Crippen molar-refractivity contribution in [1.29, 1.82) is 0 Å². The van der Waals surface area contributed by atoms with E-state index < -0.39 is 5.54 Å². The number of nitrogens with zero attached hydrogens (tertiary/aromatic N) is 1. The molecule has 0 bridgehead atoms. The first-order valence-electron chi connectivity index (χ1n) is 11.5. The number of thioether (sulfide) groups is 1. The first kappa shape index (κ1) is 22.7. The quantitative estimate of drug-likeness (QED) is 0.532. The van der Waals surface area contributed by atoms with E-state index in [1.54, 1.807) is 26.0 Å². The van der Waals surface area contributed by atoms with Gasteiger partial charge in [-0.05, 0) is 53.4 Å².